The lowest BCUT2D eigenvalue weighted by Crippen LogP contribution is -2.12. The number of carbonyl (C=O) groups is 1. The topological polar surface area (TPSA) is 63.4 Å². The molecule has 1 aromatic heterocycles. The Bertz CT molecular complexity index is 920. The first kappa shape index (κ1) is 14.9. The number of fused-ring (bicyclic) bond motifs is 2. The monoisotopic (exact) mass is 342 g/mol. The van der Waals surface area contributed by atoms with Gasteiger partial charge in [0, 0.05) is 34.1 Å². The van der Waals surface area contributed by atoms with Crippen molar-refractivity contribution < 1.29 is 14.3 Å². The SMILES string of the molecule is O=C(Nc1ccc2c(c1)OCCCO2)c1cc2cc(Cl)ccc2[nH]1. The standard InChI is InChI=1S/C18H15ClN2O3/c19-12-2-4-14-11(8-12)9-15(21-14)18(22)20-13-3-5-16-17(10-13)24-7-1-6-23-16/h2-5,8-10,21H,1,6-7H2,(H,20,22). The van der Waals surface area contributed by atoms with Crippen LogP contribution in [-0.4, -0.2) is 24.1 Å². The fraction of sp³-hybridized carbons (Fsp3) is 0.167. The molecule has 2 heterocycles. The van der Waals surface area contributed by atoms with Crippen molar-refractivity contribution in [1.82, 2.24) is 4.98 Å². The second kappa shape index (κ2) is 6.09. The highest BCUT2D eigenvalue weighted by molar-refractivity contribution is 6.31. The van der Waals surface area contributed by atoms with Gasteiger partial charge in [-0.1, -0.05) is 11.6 Å². The third kappa shape index (κ3) is 2.90. The third-order valence-electron chi connectivity index (χ3n) is 3.83. The lowest BCUT2D eigenvalue weighted by atomic mass is 10.2. The largest absolute Gasteiger partial charge is 0.490 e. The lowest BCUT2D eigenvalue weighted by molar-refractivity contribution is 0.102. The molecule has 0 bridgehead atoms. The molecule has 5 nitrogen and oxygen atoms in total. The molecular weight excluding hydrogens is 328 g/mol. The molecule has 1 aliphatic heterocycles. The van der Waals surface area contributed by atoms with Crippen LogP contribution in [0.15, 0.2) is 42.5 Å². The van der Waals surface area contributed by atoms with Crippen molar-refractivity contribution >= 4 is 34.1 Å². The van der Waals surface area contributed by atoms with Crippen LogP contribution in [0.3, 0.4) is 0 Å². The van der Waals surface area contributed by atoms with Crippen LogP contribution in [0.1, 0.15) is 16.9 Å². The van der Waals surface area contributed by atoms with Crippen LogP contribution in [0.2, 0.25) is 5.02 Å². The molecule has 2 aromatic carbocycles. The minimum absolute atomic E-state index is 0.225. The van der Waals surface area contributed by atoms with Gasteiger partial charge in [-0.2, -0.15) is 0 Å². The predicted molar refractivity (Wildman–Crippen MR) is 93.3 cm³/mol. The molecule has 6 heteroatoms. The zero-order valence-electron chi connectivity index (χ0n) is 12.8. The maximum Gasteiger partial charge on any atom is 0.272 e. The first-order valence-electron chi connectivity index (χ1n) is 7.68. The Balaban J connectivity index is 1.57. The summed E-state index contributed by atoms with van der Waals surface area (Å²) in [5.74, 6) is 1.12. The van der Waals surface area contributed by atoms with E-state index in [1.165, 1.54) is 0 Å². The average Bonchev–Trinajstić information content (AvgIpc) is 2.85. The summed E-state index contributed by atoms with van der Waals surface area (Å²) in [6.45, 7) is 1.24. The van der Waals surface area contributed by atoms with Gasteiger partial charge in [-0.05, 0) is 36.4 Å². The molecule has 0 radical (unpaired) electrons. The number of aromatic amines is 1. The van der Waals surface area contributed by atoms with Crippen LogP contribution < -0.4 is 14.8 Å². The van der Waals surface area contributed by atoms with Gasteiger partial charge in [-0.25, -0.2) is 0 Å². The van der Waals surface area contributed by atoms with Crippen LogP contribution in [0, 0.1) is 0 Å². The van der Waals surface area contributed by atoms with Gasteiger partial charge in [-0.3, -0.25) is 4.79 Å². The van der Waals surface area contributed by atoms with Crippen LogP contribution in [-0.2, 0) is 0 Å². The van der Waals surface area contributed by atoms with Gasteiger partial charge in [0.2, 0.25) is 0 Å². The van der Waals surface area contributed by atoms with Crippen LogP contribution in [0.4, 0.5) is 5.69 Å². The fourth-order valence-electron chi connectivity index (χ4n) is 2.67. The number of ether oxygens (including phenoxy) is 2. The zero-order valence-corrected chi connectivity index (χ0v) is 13.5. The van der Waals surface area contributed by atoms with Crippen molar-refractivity contribution in [3.63, 3.8) is 0 Å². The van der Waals surface area contributed by atoms with Gasteiger partial charge in [-0.15, -0.1) is 0 Å². The van der Waals surface area contributed by atoms with E-state index in [2.05, 4.69) is 10.3 Å². The molecule has 2 N–H and O–H groups in total. The van der Waals surface area contributed by atoms with Gasteiger partial charge < -0.3 is 19.8 Å². The summed E-state index contributed by atoms with van der Waals surface area (Å²) in [6.07, 6.45) is 0.841. The number of H-pyrrole nitrogens is 1. The van der Waals surface area contributed by atoms with E-state index in [-0.39, 0.29) is 5.91 Å². The van der Waals surface area contributed by atoms with E-state index in [1.807, 2.05) is 12.1 Å². The molecule has 3 aromatic rings. The highest BCUT2D eigenvalue weighted by atomic mass is 35.5. The molecule has 0 unspecified atom stereocenters. The van der Waals surface area contributed by atoms with E-state index in [1.54, 1.807) is 30.3 Å². The summed E-state index contributed by atoms with van der Waals surface area (Å²) in [6, 6.07) is 12.6. The van der Waals surface area contributed by atoms with E-state index in [0.717, 1.165) is 17.3 Å². The molecular formula is C18H15ClN2O3. The molecule has 0 fully saturated rings. The van der Waals surface area contributed by atoms with Gasteiger partial charge in [0.25, 0.3) is 5.91 Å². The van der Waals surface area contributed by atoms with Gasteiger partial charge in [0.1, 0.15) is 5.69 Å². The zero-order chi connectivity index (χ0) is 16.5. The smallest absolute Gasteiger partial charge is 0.272 e. The van der Waals surface area contributed by atoms with Crippen molar-refractivity contribution in [2.45, 2.75) is 6.42 Å². The summed E-state index contributed by atoms with van der Waals surface area (Å²) in [5, 5.41) is 4.40. The van der Waals surface area contributed by atoms with E-state index in [9.17, 15) is 4.79 Å². The number of halogens is 1. The molecule has 0 aliphatic carbocycles. The normalized spacial score (nSPS) is 13.5. The first-order chi connectivity index (χ1) is 11.7. The summed E-state index contributed by atoms with van der Waals surface area (Å²) >= 11 is 5.98. The highest BCUT2D eigenvalue weighted by Crippen LogP contribution is 2.32. The number of hydrogen-bond acceptors (Lipinski definition) is 3. The Morgan fingerprint density at radius 3 is 2.75 bits per heavy atom. The number of hydrogen-bond donors (Lipinski definition) is 2. The summed E-state index contributed by atoms with van der Waals surface area (Å²) in [4.78, 5) is 15.5. The summed E-state index contributed by atoms with van der Waals surface area (Å²) in [5.41, 5.74) is 1.99. The maximum absolute atomic E-state index is 12.5. The quantitative estimate of drug-likeness (QED) is 0.732. The fourth-order valence-corrected chi connectivity index (χ4v) is 2.85. The van der Waals surface area contributed by atoms with Crippen LogP contribution in [0.25, 0.3) is 10.9 Å². The Morgan fingerprint density at radius 2 is 1.88 bits per heavy atom. The van der Waals surface area contributed by atoms with E-state index >= 15 is 0 Å². The van der Waals surface area contributed by atoms with Crippen molar-refractivity contribution in [3.05, 3.63) is 53.2 Å². The molecule has 0 atom stereocenters. The number of anilines is 1. The highest BCUT2D eigenvalue weighted by Gasteiger charge is 2.14. The predicted octanol–water partition coefficient (Wildman–Crippen LogP) is 4.23. The van der Waals surface area contributed by atoms with Crippen molar-refractivity contribution in [2.24, 2.45) is 0 Å². The van der Waals surface area contributed by atoms with Crippen molar-refractivity contribution in [2.75, 3.05) is 18.5 Å². The summed E-state index contributed by atoms with van der Waals surface area (Å²) < 4.78 is 11.2. The van der Waals surface area contributed by atoms with E-state index < -0.39 is 0 Å². The second-order valence-corrected chi connectivity index (χ2v) is 6.02. The van der Waals surface area contributed by atoms with E-state index in [4.69, 9.17) is 21.1 Å². The van der Waals surface area contributed by atoms with Crippen LogP contribution >= 0.6 is 11.6 Å². The molecule has 4 rings (SSSR count). The number of rotatable bonds is 2. The lowest BCUT2D eigenvalue weighted by Gasteiger charge is -2.10. The number of carbonyl (C=O) groups excluding carboxylic acids is 1. The maximum atomic E-state index is 12.5. The molecule has 1 amide bonds. The number of amides is 1. The minimum Gasteiger partial charge on any atom is -0.490 e. The third-order valence-corrected chi connectivity index (χ3v) is 4.07. The Labute approximate surface area is 143 Å². The molecule has 1 aliphatic rings. The van der Waals surface area contributed by atoms with Gasteiger partial charge in [0.15, 0.2) is 11.5 Å². The van der Waals surface area contributed by atoms with Gasteiger partial charge in [0.05, 0.1) is 13.2 Å². The molecule has 122 valence electrons. The molecule has 0 saturated carbocycles. The summed E-state index contributed by atoms with van der Waals surface area (Å²) in [7, 11) is 0. The Hall–Kier alpha value is -2.66. The number of benzene rings is 2. The molecule has 0 spiro atoms. The van der Waals surface area contributed by atoms with Gasteiger partial charge >= 0.3 is 0 Å². The molecule has 0 saturated heterocycles. The minimum atomic E-state index is -0.225. The van der Waals surface area contributed by atoms with Crippen molar-refractivity contribution in [3.8, 4) is 11.5 Å². The first-order valence-corrected chi connectivity index (χ1v) is 8.06. The van der Waals surface area contributed by atoms with Crippen molar-refractivity contribution in [1.29, 1.82) is 0 Å². The molecule has 24 heavy (non-hydrogen) atoms. The van der Waals surface area contributed by atoms with E-state index in [0.29, 0.717) is 41.1 Å². The Kier molecular flexibility index (Phi) is 3.78. The van der Waals surface area contributed by atoms with Crippen LogP contribution in [0.5, 0.6) is 11.5 Å². The average molecular weight is 343 g/mol. The number of nitrogens with one attached hydrogen (secondary N) is 2. The second-order valence-electron chi connectivity index (χ2n) is 5.58. The number of aromatic nitrogens is 1. The Morgan fingerprint density at radius 1 is 1.04 bits per heavy atom.